The molecule has 0 spiro atoms. The van der Waals surface area contributed by atoms with E-state index < -0.39 is 6.17 Å². The minimum absolute atomic E-state index is 0.0801. The molecule has 2 fully saturated rings. The zero-order chi connectivity index (χ0) is 31.0. The first-order valence-electron chi connectivity index (χ1n) is 14.5. The Bertz CT molecular complexity index is 1800. The van der Waals surface area contributed by atoms with Crippen molar-refractivity contribution in [1.82, 2.24) is 29.3 Å². The third-order valence-electron chi connectivity index (χ3n) is 8.29. The van der Waals surface area contributed by atoms with Gasteiger partial charge in [0, 0.05) is 56.0 Å². The maximum Gasteiger partial charge on any atom is 0.246 e. The molecule has 1 amide bonds. The number of carbonyl (C=O) groups excluding carboxylic acids is 1. The number of carbonyl (C=O) groups is 1. The third-order valence-corrected chi connectivity index (χ3v) is 8.29. The Labute approximate surface area is 255 Å². The number of pyridine rings is 1. The number of likely N-dealkylation sites (tertiary alicyclic amines) is 2. The zero-order valence-electron chi connectivity index (χ0n) is 25.0. The van der Waals surface area contributed by atoms with Crippen LogP contribution in [0.2, 0.25) is 0 Å². The second-order valence-corrected chi connectivity index (χ2v) is 11.1. The number of piperidine rings is 1. The molecule has 4 aromatic rings. The number of rotatable bonds is 6. The maximum absolute atomic E-state index is 15.0. The van der Waals surface area contributed by atoms with Gasteiger partial charge in [0.25, 0.3) is 0 Å². The van der Waals surface area contributed by atoms with Gasteiger partial charge < -0.3 is 24.7 Å². The molecular formula is C33H34FN7O3. The number of hydrogen-bond donors (Lipinski definition) is 1. The van der Waals surface area contributed by atoms with Crippen LogP contribution in [0.3, 0.4) is 0 Å². The number of methoxy groups -OCH3 is 1. The van der Waals surface area contributed by atoms with Gasteiger partial charge in [0.2, 0.25) is 11.8 Å². The van der Waals surface area contributed by atoms with Crippen LogP contribution in [-0.4, -0.2) is 80.7 Å². The Morgan fingerprint density at radius 3 is 2.73 bits per heavy atom. The van der Waals surface area contributed by atoms with Gasteiger partial charge in [-0.25, -0.2) is 19.3 Å². The number of alkyl halides is 1. The lowest BCUT2D eigenvalue weighted by Crippen LogP contribution is -2.60. The van der Waals surface area contributed by atoms with Crippen molar-refractivity contribution >= 4 is 22.8 Å². The van der Waals surface area contributed by atoms with E-state index in [0.717, 1.165) is 22.5 Å². The smallest absolute Gasteiger partial charge is 0.246 e. The molecule has 2 atom stereocenters. The van der Waals surface area contributed by atoms with Crippen molar-refractivity contribution in [3.05, 3.63) is 66.8 Å². The molecule has 1 aromatic carbocycles. The first kappa shape index (κ1) is 29.1. The second-order valence-electron chi connectivity index (χ2n) is 11.1. The normalized spacial score (nSPS) is 18.8. The Kier molecular flexibility index (Phi) is 7.93. The number of benzene rings is 1. The summed E-state index contributed by atoms with van der Waals surface area (Å²) in [4.78, 5) is 28.7. The summed E-state index contributed by atoms with van der Waals surface area (Å²) in [7, 11) is 3.49. The molecule has 44 heavy (non-hydrogen) atoms. The van der Waals surface area contributed by atoms with E-state index in [2.05, 4.69) is 38.3 Å². The Morgan fingerprint density at radius 2 is 2.00 bits per heavy atom. The lowest BCUT2D eigenvalue weighted by Gasteiger charge is -2.46. The molecule has 0 radical (unpaired) electrons. The van der Waals surface area contributed by atoms with E-state index >= 15 is 0 Å². The minimum atomic E-state index is -1.10. The fourth-order valence-electron chi connectivity index (χ4n) is 5.98. The van der Waals surface area contributed by atoms with Gasteiger partial charge in [-0.2, -0.15) is 0 Å². The lowest BCUT2D eigenvalue weighted by atomic mass is 9.92. The summed E-state index contributed by atoms with van der Waals surface area (Å²) < 4.78 is 28.6. The average molecular weight is 596 g/mol. The number of aromatic nitrogens is 4. The molecule has 0 unspecified atom stereocenters. The van der Waals surface area contributed by atoms with Gasteiger partial charge in [-0.3, -0.25) is 9.69 Å². The zero-order valence-corrected chi connectivity index (χ0v) is 25.0. The largest absolute Gasteiger partial charge is 0.493 e. The molecule has 0 aliphatic carbocycles. The van der Waals surface area contributed by atoms with E-state index in [1.807, 2.05) is 48.9 Å². The molecule has 2 aliphatic rings. The first-order chi connectivity index (χ1) is 21.3. The summed E-state index contributed by atoms with van der Waals surface area (Å²) in [5, 5.41) is 0.701. The van der Waals surface area contributed by atoms with Crippen LogP contribution in [0.4, 0.5) is 10.2 Å². The quantitative estimate of drug-likeness (QED) is 0.262. The van der Waals surface area contributed by atoms with Crippen molar-refractivity contribution in [2.24, 2.45) is 13.0 Å². The molecule has 2 saturated heterocycles. The topological polar surface area (TPSA) is 112 Å². The van der Waals surface area contributed by atoms with Gasteiger partial charge in [0.15, 0.2) is 11.5 Å². The summed E-state index contributed by atoms with van der Waals surface area (Å²) in [6.07, 6.45) is 2.17. The maximum atomic E-state index is 15.0. The van der Waals surface area contributed by atoms with E-state index in [1.165, 1.54) is 17.3 Å². The molecule has 11 heteroatoms. The van der Waals surface area contributed by atoms with Gasteiger partial charge in [-0.05, 0) is 49.1 Å². The van der Waals surface area contributed by atoms with E-state index in [0.29, 0.717) is 60.3 Å². The van der Waals surface area contributed by atoms with Crippen molar-refractivity contribution < 1.29 is 18.7 Å². The number of nitrogen functional groups attached to an aromatic ring is 1. The highest BCUT2D eigenvalue weighted by Crippen LogP contribution is 2.40. The summed E-state index contributed by atoms with van der Waals surface area (Å²) in [5.41, 5.74) is 10.2. The summed E-state index contributed by atoms with van der Waals surface area (Å²) in [6, 6.07) is 11.0. The first-order valence-corrected chi connectivity index (χ1v) is 14.5. The number of nitrogens with two attached hydrogens (primary N) is 1. The lowest BCUT2D eigenvalue weighted by molar-refractivity contribution is -0.130. The van der Waals surface area contributed by atoms with Gasteiger partial charge in [-0.1, -0.05) is 24.6 Å². The standard InChI is InChI=1S/C33H34FN7O3/c1-5-29(42)40-14-13-24(23(34)18-40)41-16-21(17-41)9-11-25-30(31-32(35)36-19-37-33(31)39(25)3)22-10-12-26(27(15-22)43-4)44-28-8-6-7-20(2)38-28/h5-8,10,12,15,19,21,23-24H,1,13-14,16-18H2,2-4H3,(H2,35,36,37)/t23-,24+/m1/s1. The van der Waals surface area contributed by atoms with Crippen molar-refractivity contribution in [2.75, 3.05) is 39.0 Å². The highest BCUT2D eigenvalue weighted by atomic mass is 19.1. The number of halogens is 1. The van der Waals surface area contributed by atoms with E-state index in [-0.39, 0.29) is 24.4 Å². The molecular weight excluding hydrogens is 561 g/mol. The van der Waals surface area contributed by atoms with Gasteiger partial charge in [0.05, 0.1) is 19.0 Å². The Hall–Kier alpha value is -4.95. The molecule has 0 saturated carbocycles. The van der Waals surface area contributed by atoms with Gasteiger partial charge in [0.1, 0.15) is 29.7 Å². The number of amides is 1. The third kappa shape index (κ3) is 5.44. The number of fused-ring (bicyclic) bond motifs is 1. The fourth-order valence-corrected chi connectivity index (χ4v) is 5.98. The van der Waals surface area contributed by atoms with Gasteiger partial charge >= 0.3 is 0 Å². The van der Waals surface area contributed by atoms with Crippen molar-refractivity contribution in [2.45, 2.75) is 25.6 Å². The van der Waals surface area contributed by atoms with Crippen LogP contribution in [0.5, 0.6) is 17.4 Å². The summed E-state index contributed by atoms with van der Waals surface area (Å²) in [5.74, 6) is 8.50. The highest BCUT2D eigenvalue weighted by Gasteiger charge is 2.39. The number of anilines is 1. The molecule has 5 heterocycles. The average Bonchev–Trinajstić information content (AvgIpc) is 3.29. The predicted octanol–water partition coefficient (Wildman–Crippen LogP) is 4.13. The molecule has 10 nitrogen and oxygen atoms in total. The van der Waals surface area contributed by atoms with Crippen molar-refractivity contribution in [3.8, 4) is 40.3 Å². The second kappa shape index (κ2) is 12.0. The molecule has 2 N–H and O–H groups in total. The molecule has 0 bridgehead atoms. The van der Waals surface area contributed by atoms with E-state index in [1.54, 1.807) is 13.2 Å². The van der Waals surface area contributed by atoms with Crippen LogP contribution in [-0.2, 0) is 11.8 Å². The fraction of sp³-hybridized carbons (Fsp3) is 0.333. The number of aryl methyl sites for hydroxylation is 2. The summed E-state index contributed by atoms with van der Waals surface area (Å²) >= 11 is 0. The van der Waals surface area contributed by atoms with Crippen LogP contribution in [0.25, 0.3) is 22.2 Å². The van der Waals surface area contributed by atoms with Crippen LogP contribution >= 0.6 is 0 Å². The van der Waals surface area contributed by atoms with Crippen LogP contribution in [0, 0.1) is 24.7 Å². The number of nitrogens with zero attached hydrogens (tertiary/aromatic N) is 6. The molecule has 6 rings (SSSR count). The minimum Gasteiger partial charge on any atom is -0.493 e. The SMILES string of the molecule is C=CC(=O)N1CC[C@H](N2CC(C#Cc3c(-c4ccc(Oc5cccc(C)n5)c(OC)c4)c4c(N)ncnc4n3C)C2)[C@H](F)C1. The summed E-state index contributed by atoms with van der Waals surface area (Å²) in [6.45, 7) is 7.37. The monoisotopic (exact) mass is 595 g/mol. The van der Waals surface area contributed by atoms with Crippen molar-refractivity contribution in [3.63, 3.8) is 0 Å². The van der Waals surface area contributed by atoms with Gasteiger partial charge in [-0.15, -0.1) is 0 Å². The molecule has 3 aromatic heterocycles. The Morgan fingerprint density at radius 1 is 1.18 bits per heavy atom. The number of ether oxygens (including phenoxy) is 2. The Balaban J connectivity index is 1.27. The number of hydrogen-bond acceptors (Lipinski definition) is 8. The highest BCUT2D eigenvalue weighted by molar-refractivity contribution is 6.03. The van der Waals surface area contributed by atoms with Crippen LogP contribution < -0.4 is 15.2 Å². The predicted molar refractivity (Wildman–Crippen MR) is 166 cm³/mol. The van der Waals surface area contributed by atoms with Crippen LogP contribution in [0.15, 0.2) is 55.4 Å². The van der Waals surface area contributed by atoms with E-state index in [9.17, 15) is 9.18 Å². The van der Waals surface area contributed by atoms with E-state index in [4.69, 9.17) is 15.2 Å². The molecule has 226 valence electrons. The van der Waals surface area contributed by atoms with Crippen molar-refractivity contribution in [1.29, 1.82) is 0 Å². The van der Waals surface area contributed by atoms with Crippen LogP contribution in [0.1, 0.15) is 17.8 Å². The molecule has 2 aliphatic heterocycles.